The average molecular weight is 491 g/mol. The van der Waals surface area contributed by atoms with Crippen LogP contribution < -0.4 is 14.8 Å². The summed E-state index contributed by atoms with van der Waals surface area (Å²) in [6.45, 7) is 1.88. The summed E-state index contributed by atoms with van der Waals surface area (Å²) >= 11 is 0. The number of nitrogens with one attached hydrogen (secondary N) is 2. The largest absolute Gasteiger partial charge is 0.497 e. The Morgan fingerprint density at radius 1 is 0.889 bits per heavy atom. The molecule has 0 fully saturated rings. The van der Waals surface area contributed by atoms with Crippen LogP contribution in [-0.4, -0.2) is 27.3 Å². The summed E-state index contributed by atoms with van der Waals surface area (Å²) < 4.78 is 50.4. The number of methoxy groups -OCH3 is 1. The summed E-state index contributed by atoms with van der Waals surface area (Å²) in [6.07, 6.45) is -4.44. The number of halogens is 3. The summed E-state index contributed by atoms with van der Waals surface area (Å²) in [4.78, 5) is 8.92. The summed E-state index contributed by atoms with van der Waals surface area (Å²) in [5, 5.41) is 10.5. The summed E-state index contributed by atoms with van der Waals surface area (Å²) in [5.74, 6) is 2.48. The molecule has 0 radical (unpaired) electrons. The molecule has 0 spiro atoms. The zero-order valence-electron chi connectivity index (χ0n) is 19.2. The van der Waals surface area contributed by atoms with E-state index >= 15 is 0 Å². The first kappa shape index (κ1) is 23.2. The molecule has 0 unspecified atom stereocenters. The number of hydrogen-bond donors (Lipinski definition) is 2. The number of nitrogens with zero attached hydrogens (tertiary/aromatic N) is 3. The van der Waals surface area contributed by atoms with Gasteiger partial charge >= 0.3 is 6.18 Å². The molecule has 0 saturated heterocycles. The van der Waals surface area contributed by atoms with Crippen molar-refractivity contribution in [2.45, 2.75) is 13.1 Å². The van der Waals surface area contributed by atoms with E-state index in [1.807, 2.05) is 49.4 Å². The Hall–Kier alpha value is -4.60. The van der Waals surface area contributed by atoms with Crippen molar-refractivity contribution in [3.05, 3.63) is 84.1 Å². The zero-order chi connectivity index (χ0) is 25.3. The smallest absolute Gasteiger partial charge is 0.416 e. The highest BCUT2D eigenvalue weighted by molar-refractivity contribution is 5.86. The van der Waals surface area contributed by atoms with Crippen LogP contribution in [0.1, 0.15) is 11.3 Å². The minimum Gasteiger partial charge on any atom is -0.497 e. The van der Waals surface area contributed by atoms with Gasteiger partial charge in [0.15, 0.2) is 5.82 Å². The molecule has 0 saturated carbocycles. The number of aryl methyl sites for hydroxylation is 1. The lowest BCUT2D eigenvalue weighted by Gasteiger charge is -2.11. The minimum absolute atomic E-state index is 0.139. The van der Waals surface area contributed by atoms with E-state index in [-0.39, 0.29) is 11.6 Å². The van der Waals surface area contributed by atoms with E-state index in [1.165, 1.54) is 12.1 Å². The van der Waals surface area contributed by atoms with Gasteiger partial charge in [0.25, 0.3) is 0 Å². The van der Waals surface area contributed by atoms with Crippen molar-refractivity contribution in [1.82, 2.24) is 20.2 Å². The quantitative estimate of drug-likeness (QED) is 0.269. The molecule has 0 aliphatic rings. The van der Waals surface area contributed by atoms with Gasteiger partial charge in [0.2, 0.25) is 5.95 Å². The molecule has 2 aromatic heterocycles. The Balaban J connectivity index is 1.38. The van der Waals surface area contributed by atoms with Gasteiger partial charge in [-0.1, -0.05) is 18.2 Å². The van der Waals surface area contributed by atoms with Crippen LogP contribution in [0.15, 0.2) is 72.8 Å². The van der Waals surface area contributed by atoms with Crippen molar-refractivity contribution in [3.8, 4) is 28.6 Å². The predicted molar refractivity (Wildman–Crippen MR) is 130 cm³/mol. The number of ether oxygens (including phenoxy) is 2. The van der Waals surface area contributed by atoms with Crippen LogP contribution in [0.4, 0.5) is 24.8 Å². The molecule has 36 heavy (non-hydrogen) atoms. The lowest BCUT2D eigenvalue weighted by Crippen LogP contribution is -2.05. The molecule has 0 atom stereocenters. The molecule has 2 N–H and O–H groups in total. The van der Waals surface area contributed by atoms with E-state index < -0.39 is 11.7 Å². The number of anilines is 2. The van der Waals surface area contributed by atoms with Crippen LogP contribution in [0.2, 0.25) is 0 Å². The van der Waals surface area contributed by atoms with Crippen LogP contribution in [0, 0.1) is 6.92 Å². The van der Waals surface area contributed by atoms with Crippen molar-refractivity contribution < 1.29 is 22.6 Å². The average Bonchev–Trinajstić information content (AvgIpc) is 3.32. The lowest BCUT2D eigenvalue weighted by molar-refractivity contribution is -0.137. The molecule has 0 amide bonds. The van der Waals surface area contributed by atoms with Gasteiger partial charge < -0.3 is 14.8 Å². The fourth-order valence-electron chi connectivity index (χ4n) is 3.70. The molecular weight excluding hydrogens is 471 g/mol. The van der Waals surface area contributed by atoms with Gasteiger partial charge in [-0.3, -0.25) is 10.1 Å². The second-order valence-corrected chi connectivity index (χ2v) is 7.99. The highest BCUT2D eigenvalue weighted by Crippen LogP contribution is 2.34. The SMILES string of the molecule is COc1ccc2c(Oc3cccc(-c4nc(Nc5cccc(C(F)(F)F)c5)n[nH]4)c3)cc(C)nc2c1. The fraction of sp³-hybridized carbons (Fsp3) is 0.115. The number of benzene rings is 3. The number of hydrogen-bond acceptors (Lipinski definition) is 6. The number of H-pyrrole nitrogens is 1. The van der Waals surface area contributed by atoms with Gasteiger partial charge in [-0.25, -0.2) is 0 Å². The third-order valence-electron chi connectivity index (χ3n) is 5.37. The Morgan fingerprint density at radius 3 is 2.53 bits per heavy atom. The topological polar surface area (TPSA) is 85.0 Å². The van der Waals surface area contributed by atoms with Crippen molar-refractivity contribution in [1.29, 1.82) is 0 Å². The third kappa shape index (κ3) is 4.92. The highest BCUT2D eigenvalue weighted by Gasteiger charge is 2.30. The van der Waals surface area contributed by atoms with Crippen molar-refractivity contribution in [2.24, 2.45) is 0 Å². The summed E-state index contributed by atoms with van der Waals surface area (Å²) in [6, 6.07) is 19.5. The Kier molecular flexibility index (Phi) is 5.93. The van der Waals surface area contributed by atoms with Crippen LogP contribution in [0.3, 0.4) is 0 Å². The summed E-state index contributed by atoms with van der Waals surface area (Å²) in [7, 11) is 1.60. The van der Waals surface area contributed by atoms with Crippen LogP contribution >= 0.6 is 0 Å². The molecule has 5 aromatic rings. The Bertz CT molecular complexity index is 1550. The fourth-order valence-corrected chi connectivity index (χ4v) is 3.70. The first-order valence-corrected chi connectivity index (χ1v) is 10.9. The van der Waals surface area contributed by atoms with Crippen LogP contribution in [-0.2, 0) is 6.18 Å². The summed E-state index contributed by atoms with van der Waals surface area (Å²) in [5.41, 5.74) is 1.70. The van der Waals surface area contributed by atoms with E-state index in [1.54, 1.807) is 13.2 Å². The molecule has 7 nitrogen and oxygen atoms in total. The lowest BCUT2D eigenvalue weighted by atomic mass is 10.1. The van der Waals surface area contributed by atoms with Gasteiger partial charge in [0.05, 0.1) is 18.2 Å². The molecule has 5 rings (SSSR count). The van der Waals surface area contributed by atoms with E-state index in [0.717, 1.165) is 28.7 Å². The maximum atomic E-state index is 13.0. The van der Waals surface area contributed by atoms with Crippen molar-refractivity contribution in [3.63, 3.8) is 0 Å². The first-order chi connectivity index (χ1) is 17.3. The van der Waals surface area contributed by atoms with Gasteiger partial charge in [-0.2, -0.15) is 18.2 Å². The van der Waals surface area contributed by atoms with Gasteiger partial charge in [-0.05, 0) is 49.4 Å². The maximum absolute atomic E-state index is 13.0. The molecule has 3 aromatic carbocycles. The first-order valence-electron chi connectivity index (χ1n) is 10.9. The number of rotatable bonds is 6. The third-order valence-corrected chi connectivity index (χ3v) is 5.37. The molecule has 0 bridgehead atoms. The second kappa shape index (κ2) is 9.21. The standard InChI is InChI=1S/C26H20F3N5O2/c1-15-11-23(21-10-9-19(35-2)14-22(21)30-15)36-20-8-3-5-16(12-20)24-32-25(34-33-24)31-18-7-4-6-17(13-18)26(27,28)29/h3-14H,1-2H3,(H2,31,32,33,34). The van der Waals surface area contributed by atoms with Crippen molar-refractivity contribution in [2.75, 3.05) is 12.4 Å². The number of aromatic nitrogens is 4. The normalized spacial score (nSPS) is 11.5. The number of pyridine rings is 1. The highest BCUT2D eigenvalue weighted by atomic mass is 19.4. The minimum atomic E-state index is -4.44. The van der Waals surface area contributed by atoms with Gasteiger partial charge in [0, 0.05) is 34.5 Å². The van der Waals surface area contributed by atoms with E-state index in [2.05, 4.69) is 25.5 Å². The monoisotopic (exact) mass is 491 g/mol. The van der Waals surface area contributed by atoms with Crippen molar-refractivity contribution >= 4 is 22.5 Å². The van der Waals surface area contributed by atoms with Gasteiger partial charge in [0.1, 0.15) is 17.2 Å². The molecule has 0 aliphatic heterocycles. The second-order valence-electron chi connectivity index (χ2n) is 7.99. The van der Waals surface area contributed by atoms with Crippen LogP contribution in [0.5, 0.6) is 17.2 Å². The van der Waals surface area contributed by atoms with E-state index in [4.69, 9.17) is 9.47 Å². The predicted octanol–water partition coefficient (Wildman–Crippen LogP) is 6.89. The molecule has 2 heterocycles. The number of fused-ring (bicyclic) bond motifs is 1. The van der Waals surface area contributed by atoms with Crippen LogP contribution in [0.25, 0.3) is 22.3 Å². The zero-order valence-corrected chi connectivity index (χ0v) is 19.2. The van der Waals surface area contributed by atoms with Gasteiger partial charge in [-0.15, -0.1) is 5.10 Å². The molecule has 182 valence electrons. The number of alkyl halides is 3. The Labute approximate surface area is 203 Å². The number of aromatic amines is 1. The maximum Gasteiger partial charge on any atom is 0.416 e. The van der Waals surface area contributed by atoms with E-state index in [0.29, 0.717) is 28.6 Å². The molecule has 0 aliphatic carbocycles. The Morgan fingerprint density at radius 2 is 1.72 bits per heavy atom. The molecule has 10 heteroatoms. The van der Waals surface area contributed by atoms with E-state index in [9.17, 15) is 13.2 Å². The molecular formula is C26H20F3N5O2.